The lowest BCUT2D eigenvalue weighted by Crippen LogP contribution is -2.59. The molecule has 4 unspecified atom stereocenters. The fourth-order valence-electron chi connectivity index (χ4n) is 6.12. The Morgan fingerprint density at radius 3 is 2.56 bits per heavy atom. The molecule has 0 radical (unpaired) electrons. The topological polar surface area (TPSA) is 63.6 Å². The third-order valence-electron chi connectivity index (χ3n) is 7.35. The van der Waals surface area contributed by atoms with Crippen molar-refractivity contribution < 1.29 is 19.4 Å². The van der Waals surface area contributed by atoms with Crippen molar-refractivity contribution in [1.82, 2.24) is 0 Å². The zero-order valence-corrected chi connectivity index (χ0v) is 15.9. The molecule has 0 amide bonds. The third-order valence-corrected chi connectivity index (χ3v) is 7.35. The highest BCUT2D eigenvalue weighted by molar-refractivity contribution is 6.10. The number of Topliss-reactive ketones (excluding diaryl/α,β-unsaturated/α-hetero) is 1. The Kier molecular flexibility index (Phi) is 4.26. The molecule has 3 rings (SSSR count). The number of aliphatic hydroxyl groups is 1. The smallest absolute Gasteiger partial charge is 0.337 e. The maximum atomic E-state index is 12.8. The molecule has 4 heteroatoms. The van der Waals surface area contributed by atoms with Crippen LogP contribution < -0.4 is 0 Å². The highest BCUT2D eigenvalue weighted by atomic mass is 16.5. The largest absolute Gasteiger partial charge is 0.465 e. The van der Waals surface area contributed by atoms with Gasteiger partial charge in [0.25, 0.3) is 0 Å². The van der Waals surface area contributed by atoms with E-state index < -0.39 is 11.6 Å². The molecule has 1 N–H and O–H groups in total. The van der Waals surface area contributed by atoms with Crippen molar-refractivity contribution >= 4 is 11.8 Å². The molecule has 0 bridgehead atoms. The molecule has 4 atom stereocenters. The van der Waals surface area contributed by atoms with Gasteiger partial charge in [-0.05, 0) is 48.5 Å². The fourth-order valence-corrected chi connectivity index (χ4v) is 6.12. The van der Waals surface area contributed by atoms with E-state index in [0.29, 0.717) is 12.3 Å². The molecule has 3 aliphatic rings. The molecule has 0 aromatic heterocycles. The monoisotopic (exact) mass is 346 g/mol. The second-order valence-electron chi connectivity index (χ2n) is 9.14. The summed E-state index contributed by atoms with van der Waals surface area (Å²) >= 11 is 0. The van der Waals surface area contributed by atoms with Gasteiger partial charge in [0.2, 0.25) is 0 Å². The maximum absolute atomic E-state index is 12.8. The van der Waals surface area contributed by atoms with Crippen LogP contribution >= 0.6 is 0 Å². The van der Waals surface area contributed by atoms with Crippen LogP contribution in [0.3, 0.4) is 0 Å². The third kappa shape index (κ3) is 2.69. The predicted octanol–water partition coefficient (Wildman–Crippen LogP) is 3.59. The first-order valence-corrected chi connectivity index (χ1v) is 9.31. The van der Waals surface area contributed by atoms with Gasteiger partial charge in [0.1, 0.15) is 0 Å². The van der Waals surface area contributed by atoms with E-state index in [1.807, 2.05) is 0 Å². The predicted molar refractivity (Wildman–Crippen MR) is 95.8 cm³/mol. The fraction of sp³-hybridized carbons (Fsp3) is 0.714. The number of rotatable bonds is 2. The first-order chi connectivity index (χ1) is 11.5. The zero-order valence-electron chi connectivity index (χ0n) is 15.9. The van der Waals surface area contributed by atoms with Gasteiger partial charge in [-0.25, -0.2) is 4.79 Å². The van der Waals surface area contributed by atoms with E-state index in [0.717, 1.165) is 19.3 Å². The molecule has 25 heavy (non-hydrogen) atoms. The molecule has 138 valence electrons. The van der Waals surface area contributed by atoms with Crippen LogP contribution in [0.1, 0.15) is 59.3 Å². The first-order valence-electron chi connectivity index (χ1n) is 9.31. The Hall–Kier alpha value is -1.42. The maximum Gasteiger partial charge on any atom is 0.337 e. The lowest BCUT2D eigenvalue weighted by molar-refractivity contribution is -0.164. The van der Waals surface area contributed by atoms with Crippen molar-refractivity contribution in [1.29, 1.82) is 0 Å². The van der Waals surface area contributed by atoms with E-state index in [2.05, 4.69) is 27.4 Å². The lowest BCUT2D eigenvalue weighted by atomic mass is 9.44. The van der Waals surface area contributed by atoms with E-state index in [1.165, 1.54) is 13.5 Å². The van der Waals surface area contributed by atoms with Gasteiger partial charge in [-0.2, -0.15) is 0 Å². The van der Waals surface area contributed by atoms with Crippen molar-refractivity contribution in [3.63, 3.8) is 0 Å². The summed E-state index contributed by atoms with van der Waals surface area (Å²) in [6.45, 7) is 10.6. The van der Waals surface area contributed by atoms with Crippen LogP contribution in [0, 0.1) is 22.7 Å². The van der Waals surface area contributed by atoms with Crippen LogP contribution in [0.2, 0.25) is 0 Å². The van der Waals surface area contributed by atoms with E-state index in [4.69, 9.17) is 4.74 Å². The Morgan fingerprint density at radius 2 is 1.92 bits per heavy atom. The van der Waals surface area contributed by atoms with Gasteiger partial charge in [0.05, 0.1) is 18.3 Å². The first kappa shape index (κ1) is 18.4. The number of carbonyl (C=O) groups excluding carboxylic acids is 2. The van der Waals surface area contributed by atoms with Crippen LogP contribution in [0.4, 0.5) is 0 Å². The standard InChI is InChI=1S/C21H30O4/c1-13(18(23)25-5)14-12-21(24)10-7-16-19(2,3)8-6-9-20(16,4)17(21)11-15(14)22/h12,16-17,24H,1,6-11H2,2-5H3. The Labute approximate surface area is 150 Å². The summed E-state index contributed by atoms with van der Waals surface area (Å²) in [6, 6.07) is 0. The molecule has 0 aromatic carbocycles. The second-order valence-corrected chi connectivity index (χ2v) is 9.14. The quantitative estimate of drug-likeness (QED) is 0.613. The number of methoxy groups -OCH3 is 1. The molecule has 0 aliphatic heterocycles. The number of ketones is 1. The van der Waals surface area contributed by atoms with Gasteiger partial charge in [-0.1, -0.05) is 33.8 Å². The SMILES string of the molecule is C=C(C(=O)OC)C1=CC2(O)CCC3C(C)(C)CCCC3(C)C2CC1=O. The molecular formula is C21H30O4. The van der Waals surface area contributed by atoms with Crippen molar-refractivity contribution in [2.75, 3.05) is 7.11 Å². The van der Waals surface area contributed by atoms with Crippen LogP contribution in [-0.2, 0) is 14.3 Å². The second kappa shape index (κ2) is 5.80. The van der Waals surface area contributed by atoms with E-state index in [1.54, 1.807) is 6.08 Å². The van der Waals surface area contributed by atoms with Crippen LogP contribution in [-0.4, -0.2) is 29.6 Å². The molecule has 0 heterocycles. The van der Waals surface area contributed by atoms with Gasteiger partial charge in [0.15, 0.2) is 5.78 Å². The molecule has 3 aliphatic carbocycles. The van der Waals surface area contributed by atoms with E-state index >= 15 is 0 Å². The van der Waals surface area contributed by atoms with Gasteiger partial charge in [-0.15, -0.1) is 0 Å². The van der Waals surface area contributed by atoms with Gasteiger partial charge >= 0.3 is 5.97 Å². The summed E-state index contributed by atoms with van der Waals surface area (Å²) < 4.78 is 4.70. The number of hydrogen-bond acceptors (Lipinski definition) is 4. The minimum atomic E-state index is -1.04. The Balaban J connectivity index is 2.01. The molecule has 0 saturated heterocycles. The van der Waals surface area contributed by atoms with Crippen molar-refractivity contribution in [3.8, 4) is 0 Å². The average Bonchev–Trinajstić information content (AvgIpc) is 2.53. The number of carbonyl (C=O) groups is 2. The van der Waals surface area contributed by atoms with Gasteiger partial charge in [0, 0.05) is 17.9 Å². The summed E-state index contributed by atoms with van der Waals surface area (Å²) in [7, 11) is 1.27. The van der Waals surface area contributed by atoms with E-state index in [-0.39, 0.29) is 40.1 Å². The van der Waals surface area contributed by atoms with E-state index in [9.17, 15) is 14.7 Å². The normalized spacial score (nSPS) is 39.7. The Bertz CT molecular complexity index is 659. The Morgan fingerprint density at radius 1 is 1.24 bits per heavy atom. The van der Waals surface area contributed by atoms with Crippen molar-refractivity contribution in [2.45, 2.75) is 64.9 Å². The number of esters is 1. The van der Waals surface area contributed by atoms with Crippen molar-refractivity contribution in [2.24, 2.45) is 22.7 Å². The zero-order chi connectivity index (χ0) is 18.6. The highest BCUT2D eigenvalue weighted by Crippen LogP contribution is 2.64. The summed E-state index contributed by atoms with van der Waals surface area (Å²) in [5.74, 6) is -0.304. The lowest BCUT2D eigenvalue weighted by Gasteiger charge is -2.62. The summed E-state index contributed by atoms with van der Waals surface area (Å²) in [5, 5.41) is 11.4. The van der Waals surface area contributed by atoms with Crippen molar-refractivity contribution in [3.05, 3.63) is 23.8 Å². The molecule has 2 saturated carbocycles. The molecular weight excluding hydrogens is 316 g/mol. The molecule has 4 nitrogen and oxygen atoms in total. The highest BCUT2D eigenvalue weighted by Gasteiger charge is 2.60. The minimum Gasteiger partial charge on any atom is -0.465 e. The van der Waals surface area contributed by atoms with Crippen LogP contribution in [0.5, 0.6) is 0 Å². The molecule has 0 spiro atoms. The summed E-state index contributed by atoms with van der Waals surface area (Å²) in [5.41, 5.74) is -0.576. The average molecular weight is 346 g/mol. The van der Waals surface area contributed by atoms with Gasteiger partial charge in [-0.3, -0.25) is 4.79 Å². The molecule has 0 aromatic rings. The van der Waals surface area contributed by atoms with Gasteiger partial charge < -0.3 is 9.84 Å². The minimum absolute atomic E-state index is 0.0515. The molecule has 2 fully saturated rings. The number of hydrogen-bond donors (Lipinski definition) is 1. The number of ether oxygens (including phenoxy) is 1. The van der Waals surface area contributed by atoms with Crippen LogP contribution in [0.25, 0.3) is 0 Å². The summed E-state index contributed by atoms with van der Waals surface area (Å²) in [6.07, 6.45) is 6.85. The summed E-state index contributed by atoms with van der Waals surface area (Å²) in [4.78, 5) is 24.6. The van der Waals surface area contributed by atoms with Crippen LogP contribution in [0.15, 0.2) is 23.8 Å². The number of fused-ring (bicyclic) bond motifs is 3.